The van der Waals surface area contributed by atoms with Gasteiger partial charge in [-0.05, 0) is 27.7 Å². The van der Waals surface area contributed by atoms with Crippen LogP contribution >= 0.6 is 0 Å². The molecule has 0 radical (unpaired) electrons. The minimum Gasteiger partial charge on any atom is -0.444 e. The van der Waals surface area contributed by atoms with Crippen LogP contribution in [-0.2, 0) is 14.3 Å². The lowest BCUT2D eigenvalue weighted by Gasteiger charge is -2.43. The molecule has 2 fully saturated rings. The van der Waals surface area contributed by atoms with Crippen LogP contribution in [0.25, 0.3) is 0 Å². The Morgan fingerprint density at radius 3 is 2.35 bits per heavy atom. The molecule has 132 valence electrons. The summed E-state index contributed by atoms with van der Waals surface area (Å²) in [6.07, 6.45) is 0.414. The number of hydrogen-bond donors (Lipinski definition) is 1. The normalized spacial score (nSPS) is 26.2. The predicted molar refractivity (Wildman–Crippen MR) is 86.2 cm³/mol. The van der Waals surface area contributed by atoms with Crippen molar-refractivity contribution in [2.75, 3.05) is 45.9 Å². The van der Waals surface area contributed by atoms with Crippen molar-refractivity contribution in [1.82, 2.24) is 15.1 Å². The monoisotopic (exact) mass is 327 g/mol. The summed E-state index contributed by atoms with van der Waals surface area (Å²) >= 11 is 0. The molecule has 0 saturated carbocycles. The fourth-order valence-electron chi connectivity index (χ4n) is 3.09. The van der Waals surface area contributed by atoms with Gasteiger partial charge in [0.25, 0.3) is 0 Å². The van der Waals surface area contributed by atoms with Crippen molar-refractivity contribution in [2.24, 2.45) is 0 Å². The lowest BCUT2D eigenvalue weighted by atomic mass is 9.94. The molecule has 0 aromatic rings. The topological polar surface area (TPSA) is 71.1 Å². The van der Waals surface area contributed by atoms with Gasteiger partial charge < -0.3 is 19.7 Å². The molecule has 7 heteroatoms. The molecule has 2 heterocycles. The third-order valence-corrected chi connectivity index (χ3v) is 4.30. The molecular weight excluding hydrogens is 298 g/mol. The molecule has 1 atom stereocenters. The minimum absolute atomic E-state index is 0.0308. The summed E-state index contributed by atoms with van der Waals surface area (Å²) in [5.41, 5.74) is -1.08. The number of carbonyl (C=O) groups excluding carboxylic acids is 2. The number of ether oxygens (including phenoxy) is 2. The first-order valence-corrected chi connectivity index (χ1v) is 8.37. The van der Waals surface area contributed by atoms with Crippen molar-refractivity contribution in [3.05, 3.63) is 0 Å². The molecule has 0 aromatic heterocycles. The summed E-state index contributed by atoms with van der Waals surface area (Å²) in [6, 6.07) is 0. The highest BCUT2D eigenvalue weighted by Gasteiger charge is 2.48. The number of nitrogens with zero attached hydrogens (tertiary/aromatic N) is 2. The van der Waals surface area contributed by atoms with Gasteiger partial charge in [-0.2, -0.15) is 0 Å². The first-order valence-electron chi connectivity index (χ1n) is 8.37. The highest BCUT2D eigenvalue weighted by molar-refractivity contribution is 5.87. The number of likely N-dealkylation sites (N-methyl/N-ethyl adjacent to an activating group) is 1. The zero-order valence-corrected chi connectivity index (χ0v) is 14.7. The Kier molecular flexibility index (Phi) is 5.52. The Bertz CT molecular complexity index is 433. The molecule has 0 aromatic carbocycles. The number of nitrogens with one attached hydrogen (secondary N) is 1. The quantitative estimate of drug-likeness (QED) is 0.831. The summed E-state index contributed by atoms with van der Waals surface area (Å²) in [5, 5.41) is 2.92. The van der Waals surface area contributed by atoms with Gasteiger partial charge >= 0.3 is 6.09 Å². The first-order chi connectivity index (χ1) is 10.8. The van der Waals surface area contributed by atoms with Crippen LogP contribution in [0.2, 0.25) is 0 Å². The standard InChI is InChI=1S/C16H29N3O4/c1-5-17-13(20)16(6-11-22-12-16)19-9-7-18(8-10-19)14(21)23-15(2,3)4/h5-12H2,1-4H3,(H,17,20). The van der Waals surface area contributed by atoms with Crippen LogP contribution in [0.4, 0.5) is 4.79 Å². The molecule has 0 spiro atoms. The summed E-state index contributed by atoms with van der Waals surface area (Å²) < 4.78 is 10.9. The second-order valence-electron chi connectivity index (χ2n) is 7.15. The maximum absolute atomic E-state index is 12.5. The van der Waals surface area contributed by atoms with Crippen molar-refractivity contribution in [2.45, 2.75) is 45.3 Å². The van der Waals surface area contributed by atoms with Crippen LogP contribution in [0.15, 0.2) is 0 Å². The lowest BCUT2D eigenvalue weighted by Crippen LogP contribution is -2.64. The second-order valence-corrected chi connectivity index (χ2v) is 7.15. The maximum atomic E-state index is 12.5. The Hall–Kier alpha value is -1.34. The Balaban J connectivity index is 1.97. The van der Waals surface area contributed by atoms with E-state index in [0.29, 0.717) is 52.4 Å². The van der Waals surface area contributed by atoms with Gasteiger partial charge in [0.15, 0.2) is 0 Å². The molecule has 2 saturated heterocycles. The van der Waals surface area contributed by atoms with Crippen molar-refractivity contribution < 1.29 is 19.1 Å². The van der Waals surface area contributed by atoms with E-state index in [-0.39, 0.29) is 12.0 Å². The number of amides is 2. The van der Waals surface area contributed by atoms with E-state index in [0.717, 1.165) is 0 Å². The van der Waals surface area contributed by atoms with E-state index in [2.05, 4.69) is 10.2 Å². The van der Waals surface area contributed by atoms with Gasteiger partial charge in [0.1, 0.15) is 11.1 Å². The van der Waals surface area contributed by atoms with E-state index in [1.165, 1.54) is 0 Å². The van der Waals surface area contributed by atoms with Gasteiger partial charge in [-0.3, -0.25) is 9.69 Å². The average Bonchev–Trinajstić information content (AvgIpc) is 2.97. The SMILES string of the molecule is CCNC(=O)C1(N2CCN(C(=O)OC(C)(C)C)CC2)CCOC1. The second kappa shape index (κ2) is 7.05. The largest absolute Gasteiger partial charge is 0.444 e. The zero-order valence-electron chi connectivity index (χ0n) is 14.7. The van der Waals surface area contributed by atoms with Crippen molar-refractivity contribution in [3.63, 3.8) is 0 Å². The van der Waals surface area contributed by atoms with Gasteiger partial charge in [0.05, 0.1) is 6.61 Å². The van der Waals surface area contributed by atoms with Crippen LogP contribution in [0.5, 0.6) is 0 Å². The third-order valence-electron chi connectivity index (χ3n) is 4.30. The Morgan fingerprint density at radius 1 is 1.22 bits per heavy atom. The number of carbonyl (C=O) groups is 2. The van der Waals surface area contributed by atoms with Crippen molar-refractivity contribution in [3.8, 4) is 0 Å². The molecule has 23 heavy (non-hydrogen) atoms. The molecule has 2 rings (SSSR count). The van der Waals surface area contributed by atoms with Crippen LogP contribution in [-0.4, -0.2) is 78.9 Å². The van der Waals surface area contributed by atoms with Crippen LogP contribution in [0, 0.1) is 0 Å². The molecule has 0 aliphatic carbocycles. The highest BCUT2D eigenvalue weighted by Crippen LogP contribution is 2.28. The van der Waals surface area contributed by atoms with E-state index in [1.807, 2.05) is 27.7 Å². The van der Waals surface area contributed by atoms with Crippen molar-refractivity contribution in [1.29, 1.82) is 0 Å². The zero-order chi connectivity index (χ0) is 17.1. The summed E-state index contributed by atoms with van der Waals surface area (Å²) in [5.74, 6) is 0.0308. The van der Waals surface area contributed by atoms with E-state index in [9.17, 15) is 9.59 Å². The van der Waals surface area contributed by atoms with Crippen molar-refractivity contribution >= 4 is 12.0 Å². The average molecular weight is 327 g/mol. The van der Waals surface area contributed by atoms with Gasteiger partial charge in [-0.25, -0.2) is 4.79 Å². The molecule has 7 nitrogen and oxygen atoms in total. The van der Waals surface area contributed by atoms with Gasteiger partial charge in [-0.1, -0.05) is 0 Å². The summed E-state index contributed by atoms with van der Waals surface area (Å²) in [7, 11) is 0. The van der Waals surface area contributed by atoms with Crippen LogP contribution < -0.4 is 5.32 Å². The van der Waals surface area contributed by atoms with E-state index in [4.69, 9.17) is 9.47 Å². The minimum atomic E-state index is -0.587. The molecule has 2 aliphatic heterocycles. The Morgan fingerprint density at radius 2 is 1.87 bits per heavy atom. The Labute approximate surface area is 138 Å². The lowest BCUT2D eigenvalue weighted by molar-refractivity contribution is -0.135. The van der Waals surface area contributed by atoms with Crippen LogP contribution in [0.1, 0.15) is 34.1 Å². The van der Waals surface area contributed by atoms with Gasteiger partial charge in [-0.15, -0.1) is 0 Å². The van der Waals surface area contributed by atoms with E-state index >= 15 is 0 Å². The van der Waals surface area contributed by atoms with Gasteiger partial charge in [0.2, 0.25) is 5.91 Å². The molecule has 2 amide bonds. The molecule has 0 bridgehead atoms. The summed E-state index contributed by atoms with van der Waals surface area (Å²) in [6.45, 7) is 11.6. The van der Waals surface area contributed by atoms with E-state index < -0.39 is 11.1 Å². The number of rotatable bonds is 3. The fraction of sp³-hybridized carbons (Fsp3) is 0.875. The smallest absolute Gasteiger partial charge is 0.410 e. The highest BCUT2D eigenvalue weighted by atomic mass is 16.6. The maximum Gasteiger partial charge on any atom is 0.410 e. The number of piperazine rings is 1. The first kappa shape index (κ1) is 18.0. The van der Waals surface area contributed by atoms with Gasteiger partial charge in [0, 0.05) is 45.8 Å². The molecule has 1 unspecified atom stereocenters. The van der Waals surface area contributed by atoms with E-state index in [1.54, 1.807) is 4.90 Å². The summed E-state index contributed by atoms with van der Waals surface area (Å²) in [4.78, 5) is 28.5. The molecule has 2 aliphatic rings. The number of hydrogen-bond acceptors (Lipinski definition) is 5. The molecular formula is C16H29N3O4. The molecule has 1 N–H and O–H groups in total. The predicted octanol–water partition coefficient (Wildman–Crippen LogP) is 0.834. The fourth-order valence-corrected chi connectivity index (χ4v) is 3.09. The third kappa shape index (κ3) is 4.14. The van der Waals surface area contributed by atoms with Crippen LogP contribution in [0.3, 0.4) is 0 Å².